The first-order valence-corrected chi connectivity index (χ1v) is 7.10. The SMILES string of the molecule is CCC(CC)C(=O)NCC#CCOc1ccccc1C. The molecule has 1 amide bonds. The minimum atomic E-state index is 0.0872. The summed E-state index contributed by atoms with van der Waals surface area (Å²) in [5.41, 5.74) is 1.09. The van der Waals surface area contributed by atoms with Crippen molar-refractivity contribution < 1.29 is 9.53 Å². The highest BCUT2D eigenvalue weighted by Crippen LogP contribution is 2.15. The topological polar surface area (TPSA) is 38.3 Å². The van der Waals surface area contributed by atoms with Gasteiger partial charge in [0.15, 0.2) is 0 Å². The summed E-state index contributed by atoms with van der Waals surface area (Å²) >= 11 is 0. The summed E-state index contributed by atoms with van der Waals surface area (Å²) in [7, 11) is 0. The van der Waals surface area contributed by atoms with Crippen molar-refractivity contribution in [2.45, 2.75) is 33.6 Å². The Morgan fingerprint density at radius 3 is 2.60 bits per heavy atom. The number of benzene rings is 1. The molecular weight excluding hydrogens is 250 g/mol. The van der Waals surface area contributed by atoms with E-state index in [1.54, 1.807) is 0 Å². The van der Waals surface area contributed by atoms with Crippen LogP contribution in [0.1, 0.15) is 32.3 Å². The number of aryl methyl sites for hydroxylation is 1. The van der Waals surface area contributed by atoms with Gasteiger partial charge < -0.3 is 10.1 Å². The second-order valence-corrected chi connectivity index (χ2v) is 4.64. The van der Waals surface area contributed by atoms with E-state index in [9.17, 15) is 4.79 Å². The number of carbonyl (C=O) groups excluding carboxylic acids is 1. The molecule has 3 heteroatoms. The smallest absolute Gasteiger partial charge is 0.223 e. The molecule has 0 aromatic heterocycles. The van der Waals surface area contributed by atoms with Crippen LogP contribution in [-0.4, -0.2) is 19.1 Å². The molecule has 0 heterocycles. The van der Waals surface area contributed by atoms with Gasteiger partial charge >= 0.3 is 0 Å². The molecule has 0 atom stereocenters. The average Bonchev–Trinajstić information content (AvgIpc) is 2.45. The Kier molecular flexibility index (Phi) is 7.27. The van der Waals surface area contributed by atoms with Crippen LogP contribution < -0.4 is 10.1 Å². The lowest BCUT2D eigenvalue weighted by molar-refractivity contribution is -0.124. The summed E-state index contributed by atoms with van der Waals surface area (Å²) in [6.07, 6.45) is 1.73. The first-order valence-electron chi connectivity index (χ1n) is 7.10. The molecule has 0 aliphatic heterocycles. The Bertz CT molecular complexity index is 481. The van der Waals surface area contributed by atoms with Gasteiger partial charge in [-0.05, 0) is 31.4 Å². The molecule has 0 fully saturated rings. The van der Waals surface area contributed by atoms with Gasteiger partial charge in [-0.1, -0.05) is 43.9 Å². The molecule has 0 spiro atoms. The quantitative estimate of drug-likeness (QED) is 0.809. The fourth-order valence-electron chi connectivity index (χ4n) is 1.88. The lowest BCUT2D eigenvalue weighted by Crippen LogP contribution is -2.30. The normalized spacial score (nSPS) is 9.80. The monoisotopic (exact) mass is 273 g/mol. The van der Waals surface area contributed by atoms with E-state index in [1.165, 1.54) is 0 Å². The highest BCUT2D eigenvalue weighted by molar-refractivity contribution is 5.78. The summed E-state index contributed by atoms with van der Waals surface area (Å²) in [4.78, 5) is 11.7. The van der Waals surface area contributed by atoms with Crippen LogP contribution in [0.15, 0.2) is 24.3 Å². The van der Waals surface area contributed by atoms with Gasteiger partial charge in [0.2, 0.25) is 5.91 Å². The van der Waals surface area contributed by atoms with E-state index in [1.807, 2.05) is 45.0 Å². The van der Waals surface area contributed by atoms with Crippen molar-refractivity contribution in [3.05, 3.63) is 29.8 Å². The van der Waals surface area contributed by atoms with Gasteiger partial charge in [-0.2, -0.15) is 0 Å². The second kappa shape index (κ2) is 9.03. The van der Waals surface area contributed by atoms with Crippen LogP contribution in [-0.2, 0) is 4.79 Å². The number of nitrogens with one attached hydrogen (secondary N) is 1. The molecule has 1 aromatic rings. The van der Waals surface area contributed by atoms with Crippen LogP contribution in [0.5, 0.6) is 5.75 Å². The van der Waals surface area contributed by atoms with E-state index < -0.39 is 0 Å². The number of carbonyl (C=O) groups is 1. The molecule has 3 nitrogen and oxygen atoms in total. The summed E-state index contributed by atoms with van der Waals surface area (Å²) in [6.45, 7) is 6.77. The molecule has 0 aliphatic carbocycles. The largest absolute Gasteiger partial charge is 0.481 e. The van der Waals surface area contributed by atoms with Crippen LogP contribution in [0.4, 0.5) is 0 Å². The van der Waals surface area contributed by atoms with Crippen molar-refractivity contribution in [1.29, 1.82) is 0 Å². The molecule has 1 aromatic carbocycles. The van der Waals surface area contributed by atoms with Crippen molar-refractivity contribution >= 4 is 5.91 Å². The summed E-state index contributed by atoms with van der Waals surface area (Å²) in [5, 5.41) is 2.83. The zero-order valence-electron chi connectivity index (χ0n) is 12.5. The van der Waals surface area contributed by atoms with Crippen molar-refractivity contribution in [3.63, 3.8) is 0 Å². The van der Waals surface area contributed by atoms with E-state index in [4.69, 9.17) is 4.74 Å². The summed E-state index contributed by atoms with van der Waals surface area (Å²) in [6, 6.07) is 7.83. The van der Waals surface area contributed by atoms with Gasteiger partial charge in [0.25, 0.3) is 0 Å². The molecule has 108 valence electrons. The first kappa shape index (κ1) is 16.1. The van der Waals surface area contributed by atoms with Gasteiger partial charge in [-0.3, -0.25) is 4.79 Å². The number of para-hydroxylation sites is 1. The van der Waals surface area contributed by atoms with Crippen molar-refractivity contribution in [2.24, 2.45) is 5.92 Å². The third-order valence-corrected chi connectivity index (χ3v) is 3.23. The third kappa shape index (κ3) is 5.36. The van der Waals surface area contributed by atoms with Crippen LogP contribution >= 0.6 is 0 Å². The van der Waals surface area contributed by atoms with Crippen LogP contribution in [0.3, 0.4) is 0 Å². The zero-order chi connectivity index (χ0) is 14.8. The highest BCUT2D eigenvalue weighted by Gasteiger charge is 2.12. The van der Waals surface area contributed by atoms with Gasteiger partial charge in [0.1, 0.15) is 12.4 Å². The van der Waals surface area contributed by atoms with E-state index in [2.05, 4.69) is 17.2 Å². The molecule has 1 N–H and O–H groups in total. The Morgan fingerprint density at radius 1 is 1.25 bits per heavy atom. The Morgan fingerprint density at radius 2 is 1.95 bits per heavy atom. The average molecular weight is 273 g/mol. The maximum atomic E-state index is 11.7. The second-order valence-electron chi connectivity index (χ2n) is 4.64. The predicted octanol–water partition coefficient (Wildman–Crippen LogP) is 2.93. The minimum absolute atomic E-state index is 0.0872. The number of amides is 1. The molecule has 0 saturated heterocycles. The van der Waals surface area contributed by atoms with Crippen molar-refractivity contribution in [2.75, 3.05) is 13.2 Å². The standard InChI is InChI=1S/C17H23NO2/c1-4-15(5-2)17(19)18-12-8-9-13-20-16-11-7-6-10-14(16)3/h6-7,10-11,15H,4-5,12-13H2,1-3H3,(H,18,19). The van der Waals surface area contributed by atoms with Gasteiger partial charge in [-0.25, -0.2) is 0 Å². The molecular formula is C17H23NO2. The number of rotatable bonds is 6. The lowest BCUT2D eigenvalue weighted by atomic mass is 10.0. The molecule has 0 saturated carbocycles. The molecule has 0 radical (unpaired) electrons. The maximum Gasteiger partial charge on any atom is 0.223 e. The number of hydrogen-bond donors (Lipinski definition) is 1. The number of hydrogen-bond acceptors (Lipinski definition) is 2. The Hall–Kier alpha value is -1.95. The van der Waals surface area contributed by atoms with E-state index in [-0.39, 0.29) is 11.8 Å². The van der Waals surface area contributed by atoms with E-state index in [0.717, 1.165) is 24.2 Å². The van der Waals surface area contributed by atoms with Crippen LogP contribution in [0.25, 0.3) is 0 Å². The summed E-state index contributed by atoms with van der Waals surface area (Å²) < 4.78 is 5.55. The fraction of sp³-hybridized carbons (Fsp3) is 0.471. The van der Waals surface area contributed by atoms with Crippen LogP contribution in [0.2, 0.25) is 0 Å². The Balaban J connectivity index is 2.27. The lowest BCUT2D eigenvalue weighted by Gasteiger charge is -2.10. The van der Waals surface area contributed by atoms with Gasteiger partial charge in [0, 0.05) is 5.92 Å². The highest BCUT2D eigenvalue weighted by atomic mass is 16.5. The van der Waals surface area contributed by atoms with E-state index in [0.29, 0.717) is 13.2 Å². The Labute approximate surface area is 121 Å². The number of ether oxygens (including phenoxy) is 1. The molecule has 0 aliphatic rings. The van der Waals surface area contributed by atoms with Crippen LogP contribution in [0, 0.1) is 24.7 Å². The molecule has 0 unspecified atom stereocenters. The van der Waals surface area contributed by atoms with Crippen molar-refractivity contribution in [1.82, 2.24) is 5.32 Å². The fourth-order valence-corrected chi connectivity index (χ4v) is 1.88. The first-order chi connectivity index (χ1) is 9.69. The molecule has 20 heavy (non-hydrogen) atoms. The van der Waals surface area contributed by atoms with E-state index >= 15 is 0 Å². The predicted molar refractivity (Wildman–Crippen MR) is 81.5 cm³/mol. The van der Waals surface area contributed by atoms with Crippen molar-refractivity contribution in [3.8, 4) is 17.6 Å². The summed E-state index contributed by atoms with van der Waals surface area (Å²) in [5.74, 6) is 6.84. The minimum Gasteiger partial charge on any atom is -0.481 e. The maximum absolute atomic E-state index is 11.7. The van der Waals surface area contributed by atoms with Gasteiger partial charge in [-0.15, -0.1) is 0 Å². The molecule has 1 rings (SSSR count). The zero-order valence-corrected chi connectivity index (χ0v) is 12.5. The van der Waals surface area contributed by atoms with Gasteiger partial charge in [0.05, 0.1) is 6.54 Å². The third-order valence-electron chi connectivity index (χ3n) is 3.23. The molecule has 0 bridgehead atoms.